The molecule has 0 spiro atoms. The number of hydrogen-bond donors (Lipinski definition) is 2. The van der Waals surface area contributed by atoms with Gasteiger partial charge < -0.3 is 11.5 Å². The van der Waals surface area contributed by atoms with E-state index in [2.05, 4.69) is 45.9 Å². The quantitative estimate of drug-likeness (QED) is 0.752. The molecular formula is C17H28N2. The van der Waals surface area contributed by atoms with Gasteiger partial charge in [0.05, 0.1) is 0 Å². The Kier molecular flexibility index (Phi) is 5.46. The van der Waals surface area contributed by atoms with Crippen LogP contribution in [0.2, 0.25) is 0 Å². The zero-order valence-corrected chi connectivity index (χ0v) is 13.0. The molecule has 0 saturated carbocycles. The summed E-state index contributed by atoms with van der Waals surface area (Å²) in [5, 5.41) is 0. The molecule has 0 aromatic heterocycles. The lowest BCUT2D eigenvalue weighted by atomic mass is 9.86. The molecule has 0 aliphatic rings. The zero-order valence-electron chi connectivity index (χ0n) is 13.0. The minimum Gasteiger partial charge on any atom is -0.398 e. The normalized spacial score (nSPS) is 13.4. The van der Waals surface area contributed by atoms with Crippen LogP contribution in [0.4, 0.5) is 11.4 Å². The fraction of sp³-hybridized carbons (Fsp3) is 0.529. The highest BCUT2D eigenvalue weighted by Gasteiger charge is 2.16. The first-order valence-corrected chi connectivity index (χ1v) is 7.23. The Morgan fingerprint density at radius 3 is 2.37 bits per heavy atom. The second kappa shape index (κ2) is 6.65. The average Bonchev–Trinajstić information content (AvgIpc) is 2.33. The van der Waals surface area contributed by atoms with Gasteiger partial charge in [-0.05, 0) is 48.8 Å². The Balaban J connectivity index is 3.31. The van der Waals surface area contributed by atoms with Gasteiger partial charge in [-0.25, -0.2) is 0 Å². The summed E-state index contributed by atoms with van der Waals surface area (Å²) in [7, 11) is 0. The van der Waals surface area contributed by atoms with Gasteiger partial charge in [-0.2, -0.15) is 0 Å². The van der Waals surface area contributed by atoms with Gasteiger partial charge in [-0.15, -0.1) is 0 Å². The molecule has 4 N–H and O–H groups in total. The maximum absolute atomic E-state index is 6.26. The minimum absolute atomic E-state index is 0.474. The lowest BCUT2D eigenvalue weighted by molar-refractivity contribution is 0.523. The van der Waals surface area contributed by atoms with Crippen LogP contribution in [0, 0.1) is 12.8 Å². The Bertz CT molecular complexity index is 459. The summed E-state index contributed by atoms with van der Waals surface area (Å²) in [4.78, 5) is 0. The van der Waals surface area contributed by atoms with Crippen molar-refractivity contribution in [2.45, 2.75) is 53.4 Å². The van der Waals surface area contributed by atoms with E-state index in [-0.39, 0.29) is 0 Å². The maximum atomic E-state index is 6.26. The van der Waals surface area contributed by atoms with Crippen LogP contribution in [0.5, 0.6) is 0 Å². The molecule has 0 aliphatic carbocycles. The van der Waals surface area contributed by atoms with Crippen LogP contribution in [0.1, 0.15) is 63.1 Å². The van der Waals surface area contributed by atoms with Crippen molar-refractivity contribution in [3.8, 4) is 0 Å². The first kappa shape index (κ1) is 15.6. The first-order chi connectivity index (χ1) is 8.88. The fourth-order valence-electron chi connectivity index (χ4n) is 2.53. The number of allylic oxidation sites excluding steroid dienone is 1. The molecule has 1 unspecified atom stereocenters. The van der Waals surface area contributed by atoms with Gasteiger partial charge >= 0.3 is 0 Å². The van der Waals surface area contributed by atoms with Gasteiger partial charge in [0.1, 0.15) is 0 Å². The van der Waals surface area contributed by atoms with Crippen molar-refractivity contribution in [3.05, 3.63) is 28.8 Å². The zero-order chi connectivity index (χ0) is 14.6. The van der Waals surface area contributed by atoms with E-state index in [1.165, 1.54) is 5.56 Å². The van der Waals surface area contributed by atoms with E-state index >= 15 is 0 Å². The summed E-state index contributed by atoms with van der Waals surface area (Å²) in [5.74, 6) is 1.14. The van der Waals surface area contributed by atoms with Crippen molar-refractivity contribution < 1.29 is 0 Å². The van der Waals surface area contributed by atoms with Gasteiger partial charge in [0.25, 0.3) is 0 Å². The Morgan fingerprint density at radius 1 is 1.21 bits per heavy atom. The third kappa shape index (κ3) is 3.76. The Labute approximate surface area is 117 Å². The molecule has 1 aromatic carbocycles. The summed E-state index contributed by atoms with van der Waals surface area (Å²) in [6, 6.07) is 2.11. The number of hydrogen-bond acceptors (Lipinski definition) is 2. The van der Waals surface area contributed by atoms with Crippen LogP contribution < -0.4 is 11.5 Å². The van der Waals surface area contributed by atoms with Gasteiger partial charge in [0.2, 0.25) is 0 Å². The van der Waals surface area contributed by atoms with Gasteiger partial charge in [-0.1, -0.05) is 39.8 Å². The van der Waals surface area contributed by atoms with Crippen LogP contribution in [-0.2, 0) is 0 Å². The number of nitrogens with two attached hydrogens (primary N) is 2. The van der Waals surface area contributed by atoms with Crippen molar-refractivity contribution in [2.75, 3.05) is 11.5 Å². The number of benzene rings is 1. The lowest BCUT2D eigenvalue weighted by Gasteiger charge is -2.21. The third-order valence-corrected chi connectivity index (χ3v) is 3.63. The maximum Gasteiger partial charge on any atom is 0.0440 e. The van der Waals surface area contributed by atoms with Gasteiger partial charge in [0, 0.05) is 16.9 Å². The van der Waals surface area contributed by atoms with Gasteiger partial charge in [-0.3, -0.25) is 0 Å². The molecule has 1 atom stereocenters. The van der Waals surface area contributed by atoms with Crippen LogP contribution in [0.3, 0.4) is 0 Å². The first-order valence-electron chi connectivity index (χ1n) is 7.23. The predicted octanol–water partition coefficient (Wildman–Crippen LogP) is 4.73. The Hall–Kier alpha value is -1.44. The van der Waals surface area contributed by atoms with Crippen molar-refractivity contribution in [3.63, 3.8) is 0 Å². The molecule has 0 aliphatic heterocycles. The average molecular weight is 260 g/mol. The van der Waals surface area contributed by atoms with E-state index in [0.29, 0.717) is 11.8 Å². The summed E-state index contributed by atoms with van der Waals surface area (Å²) in [6.45, 7) is 10.9. The molecule has 106 valence electrons. The van der Waals surface area contributed by atoms with Crippen LogP contribution in [0.25, 0.3) is 6.08 Å². The molecule has 2 nitrogen and oxygen atoms in total. The summed E-state index contributed by atoms with van der Waals surface area (Å²) in [6.07, 6.45) is 6.47. The highest BCUT2D eigenvalue weighted by atomic mass is 14.6. The number of anilines is 2. The third-order valence-electron chi connectivity index (χ3n) is 3.63. The second-order valence-corrected chi connectivity index (χ2v) is 5.85. The SMILES string of the molecule is CCC=Cc1c(C(C)CC(C)C)cc(N)c(C)c1N. The van der Waals surface area contributed by atoms with Crippen molar-refractivity contribution in [1.29, 1.82) is 0 Å². The number of nitrogen functional groups attached to an aromatic ring is 2. The highest BCUT2D eigenvalue weighted by molar-refractivity contribution is 5.76. The van der Waals surface area contributed by atoms with E-state index in [9.17, 15) is 0 Å². The van der Waals surface area contributed by atoms with E-state index in [1.807, 2.05) is 6.92 Å². The largest absolute Gasteiger partial charge is 0.398 e. The Morgan fingerprint density at radius 2 is 1.84 bits per heavy atom. The molecule has 2 heteroatoms. The van der Waals surface area contributed by atoms with Gasteiger partial charge in [0.15, 0.2) is 0 Å². The smallest absolute Gasteiger partial charge is 0.0440 e. The van der Waals surface area contributed by atoms with E-state index in [4.69, 9.17) is 11.5 Å². The van der Waals surface area contributed by atoms with Crippen LogP contribution in [-0.4, -0.2) is 0 Å². The minimum atomic E-state index is 0.474. The molecule has 0 amide bonds. The summed E-state index contributed by atoms with van der Waals surface area (Å²) in [5.41, 5.74) is 17.4. The highest BCUT2D eigenvalue weighted by Crippen LogP contribution is 2.35. The lowest BCUT2D eigenvalue weighted by Crippen LogP contribution is -2.07. The molecule has 1 aromatic rings. The van der Waals surface area contributed by atoms with Crippen LogP contribution >= 0.6 is 0 Å². The molecule has 0 bridgehead atoms. The van der Waals surface area contributed by atoms with E-state index < -0.39 is 0 Å². The molecular weight excluding hydrogens is 232 g/mol. The summed E-state index contributed by atoms with van der Waals surface area (Å²) < 4.78 is 0. The predicted molar refractivity (Wildman–Crippen MR) is 87.2 cm³/mol. The standard InChI is InChI=1S/C17H28N2/c1-6-7-8-14-15(12(4)9-11(2)3)10-16(18)13(5)17(14)19/h7-8,10-12H,6,9,18-19H2,1-5H3. The molecule has 0 saturated heterocycles. The monoisotopic (exact) mass is 260 g/mol. The molecule has 19 heavy (non-hydrogen) atoms. The summed E-state index contributed by atoms with van der Waals surface area (Å²) >= 11 is 0. The molecule has 1 rings (SSSR count). The van der Waals surface area contributed by atoms with Crippen molar-refractivity contribution in [2.24, 2.45) is 5.92 Å². The second-order valence-electron chi connectivity index (χ2n) is 5.85. The number of rotatable bonds is 5. The van der Waals surface area contributed by atoms with E-state index in [0.717, 1.165) is 35.3 Å². The molecule has 0 radical (unpaired) electrons. The van der Waals surface area contributed by atoms with Crippen molar-refractivity contribution >= 4 is 17.5 Å². The topological polar surface area (TPSA) is 52.0 Å². The molecule has 0 fully saturated rings. The van der Waals surface area contributed by atoms with Crippen LogP contribution in [0.15, 0.2) is 12.1 Å². The fourth-order valence-corrected chi connectivity index (χ4v) is 2.53. The van der Waals surface area contributed by atoms with E-state index in [1.54, 1.807) is 0 Å². The molecule has 0 heterocycles. The van der Waals surface area contributed by atoms with Crippen molar-refractivity contribution in [1.82, 2.24) is 0 Å².